The van der Waals surface area contributed by atoms with Crippen molar-refractivity contribution >= 4 is 34.7 Å². The summed E-state index contributed by atoms with van der Waals surface area (Å²) >= 11 is 7.56. The number of hydrogen-bond donors (Lipinski definition) is 2. The molecular formula is C18H19ClN4O2S. The summed E-state index contributed by atoms with van der Waals surface area (Å²) in [5.41, 5.74) is 13.3. The minimum absolute atomic E-state index is 0.0996. The van der Waals surface area contributed by atoms with Gasteiger partial charge >= 0.3 is 0 Å². The van der Waals surface area contributed by atoms with E-state index in [0.29, 0.717) is 15.8 Å². The van der Waals surface area contributed by atoms with Gasteiger partial charge in [-0.15, -0.1) is 11.3 Å². The van der Waals surface area contributed by atoms with Crippen LogP contribution < -0.4 is 20.9 Å². The minimum atomic E-state index is 0.0996. The zero-order valence-electron chi connectivity index (χ0n) is 14.6. The summed E-state index contributed by atoms with van der Waals surface area (Å²) in [6, 6.07) is 7.69. The van der Waals surface area contributed by atoms with Gasteiger partial charge in [-0.3, -0.25) is 0 Å². The van der Waals surface area contributed by atoms with Crippen molar-refractivity contribution in [2.24, 2.45) is 0 Å². The first-order valence-corrected chi connectivity index (χ1v) is 9.12. The van der Waals surface area contributed by atoms with Crippen LogP contribution in [-0.4, -0.2) is 17.1 Å². The van der Waals surface area contributed by atoms with E-state index in [0.717, 1.165) is 21.8 Å². The van der Waals surface area contributed by atoms with Gasteiger partial charge in [0.15, 0.2) is 11.6 Å². The van der Waals surface area contributed by atoms with Crippen LogP contribution in [0.2, 0.25) is 4.34 Å². The van der Waals surface area contributed by atoms with Crippen molar-refractivity contribution < 1.29 is 9.47 Å². The molecule has 0 saturated carbocycles. The van der Waals surface area contributed by atoms with Crippen LogP contribution in [0.1, 0.15) is 25.3 Å². The highest BCUT2D eigenvalue weighted by atomic mass is 35.5. The molecule has 136 valence electrons. The summed E-state index contributed by atoms with van der Waals surface area (Å²) in [6.45, 7) is 4.15. The maximum atomic E-state index is 6.09. The van der Waals surface area contributed by atoms with Crippen LogP contribution in [0.3, 0.4) is 0 Å². The van der Waals surface area contributed by atoms with Gasteiger partial charge < -0.3 is 20.9 Å². The monoisotopic (exact) mass is 390 g/mol. The Morgan fingerprint density at radius 2 is 1.88 bits per heavy atom. The maximum absolute atomic E-state index is 6.09. The summed E-state index contributed by atoms with van der Waals surface area (Å²) in [6.07, 6.45) is 1.47. The van der Waals surface area contributed by atoms with Gasteiger partial charge in [0.25, 0.3) is 0 Å². The molecule has 1 aromatic carbocycles. The third-order valence-corrected chi connectivity index (χ3v) is 5.08. The van der Waals surface area contributed by atoms with Gasteiger partial charge in [-0.05, 0) is 30.2 Å². The largest absolute Gasteiger partial charge is 0.496 e. The second-order valence-corrected chi connectivity index (χ2v) is 7.64. The topological polar surface area (TPSA) is 96.3 Å². The van der Waals surface area contributed by atoms with Crippen molar-refractivity contribution in [2.45, 2.75) is 19.8 Å². The van der Waals surface area contributed by atoms with E-state index < -0.39 is 0 Å². The van der Waals surface area contributed by atoms with Crippen molar-refractivity contribution in [3.63, 3.8) is 0 Å². The fraction of sp³-hybridized carbons (Fsp3) is 0.222. The molecule has 0 atom stereocenters. The van der Waals surface area contributed by atoms with Crippen molar-refractivity contribution in [2.75, 3.05) is 18.6 Å². The summed E-state index contributed by atoms with van der Waals surface area (Å²) in [7, 11) is 1.64. The predicted molar refractivity (Wildman–Crippen MR) is 106 cm³/mol. The maximum Gasteiger partial charge on any atom is 0.222 e. The molecule has 0 aliphatic carbocycles. The first-order chi connectivity index (χ1) is 12.4. The average Bonchev–Trinajstić information content (AvgIpc) is 3.03. The Kier molecular flexibility index (Phi) is 5.20. The van der Waals surface area contributed by atoms with Gasteiger partial charge in [0.1, 0.15) is 11.5 Å². The number of aromatic nitrogens is 2. The molecule has 0 aliphatic heterocycles. The second kappa shape index (κ2) is 7.39. The van der Waals surface area contributed by atoms with Crippen LogP contribution in [0.4, 0.5) is 11.8 Å². The Morgan fingerprint density at radius 3 is 2.46 bits per heavy atom. The molecule has 2 aromatic heterocycles. The summed E-state index contributed by atoms with van der Waals surface area (Å²) < 4.78 is 12.3. The summed E-state index contributed by atoms with van der Waals surface area (Å²) in [5, 5.41) is 0. The molecule has 0 unspecified atom stereocenters. The number of nitrogen functional groups attached to an aromatic ring is 2. The van der Waals surface area contributed by atoms with Crippen LogP contribution in [0, 0.1) is 0 Å². The molecule has 0 saturated heterocycles. The molecule has 26 heavy (non-hydrogen) atoms. The number of methoxy groups -OCH3 is 1. The van der Waals surface area contributed by atoms with Crippen LogP contribution in [-0.2, 0) is 0 Å². The Hall–Kier alpha value is -2.51. The van der Waals surface area contributed by atoms with Crippen LogP contribution >= 0.6 is 22.9 Å². The number of rotatable bonds is 5. The smallest absolute Gasteiger partial charge is 0.222 e. The van der Waals surface area contributed by atoms with Gasteiger partial charge in [-0.2, -0.15) is 4.98 Å². The lowest BCUT2D eigenvalue weighted by Crippen LogP contribution is -2.03. The molecule has 3 rings (SSSR count). The number of hydrogen-bond acceptors (Lipinski definition) is 7. The molecule has 0 amide bonds. The van der Waals surface area contributed by atoms with Gasteiger partial charge in [-0.25, -0.2) is 4.98 Å². The van der Waals surface area contributed by atoms with E-state index in [1.165, 1.54) is 17.5 Å². The molecule has 6 nitrogen and oxygen atoms in total. The molecular weight excluding hydrogens is 372 g/mol. The number of halogens is 1. The fourth-order valence-electron chi connectivity index (χ4n) is 2.53. The molecule has 0 radical (unpaired) electrons. The van der Waals surface area contributed by atoms with Crippen molar-refractivity contribution in [1.29, 1.82) is 0 Å². The zero-order chi connectivity index (χ0) is 18.8. The third-order valence-electron chi connectivity index (χ3n) is 3.81. The lowest BCUT2D eigenvalue weighted by molar-refractivity contribution is 0.413. The van der Waals surface area contributed by atoms with E-state index in [2.05, 4.69) is 23.8 Å². The Morgan fingerprint density at radius 1 is 1.12 bits per heavy atom. The molecule has 4 N–H and O–H groups in total. The number of nitrogens with zero attached hydrogens (tertiary/aromatic N) is 2. The standard InChI is InChI=1S/C18H19ClN4O2S/c1-9(2)10-6-12(24-3)11(15-4-5-16(19)26-15)7-13(10)25-14-8-22-18(21)23-17(14)20/h4-9H,1-3H3,(H4,20,21,22,23). The number of thiophene rings is 1. The lowest BCUT2D eigenvalue weighted by Gasteiger charge is -2.18. The van der Waals surface area contributed by atoms with Crippen LogP contribution in [0.25, 0.3) is 10.4 Å². The molecule has 2 heterocycles. The quantitative estimate of drug-likeness (QED) is 0.639. The van der Waals surface area contributed by atoms with E-state index in [1.807, 2.05) is 24.3 Å². The Balaban J connectivity index is 2.12. The number of benzene rings is 1. The summed E-state index contributed by atoms with van der Waals surface area (Å²) in [4.78, 5) is 8.87. The second-order valence-electron chi connectivity index (χ2n) is 5.93. The SMILES string of the molecule is COc1cc(C(C)C)c(Oc2cnc(N)nc2N)cc1-c1ccc(Cl)s1. The number of nitrogens with two attached hydrogens (primary N) is 2. The van der Waals surface area contributed by atoms with Crippen molar-refractivity contribution in [1.82, 2.24) is 9.97 Å². The molecule has 0 bridgehead atoms. The Bertz CT molecular complexity index is 943. The molecule has 3 aromatic rings. The van der Waals surface area contributed by atoms with Gasteiger partial charge in [0.05, 0.1) is 17.6 Å². The molecule has 0 aliphatic rings. The van der Waals surface area contributed by atoms with E-state index in [1.54, 1.807) is 7.11 Å². The normalized spacial score (nSPS) is 11.0. The minimum Gasteiger partial charge on any atom is -0.496 e. The third kappa shape index (κ3) is 3.68. The van der Waals surface area contributed by atoms with Gasteiger partial charge in [0.2, 0.25) is 5.95 Å². The lowest BCUT2D eigenvalue weighted by atomic mass is 9.98. The van der Waals surface area contributed by atoms with Gasteiger partial charge in [0, 0.05) is 16.0 Å². The number of anilines is 2. The predicted octanol–water partition coefficient (Wildman–Crippen LogP) is 4.95. The molecule has 8 heteroatoms. The first-order valence-electron chi connectivity index (χ1n) is 7.92. The van der Waals surface area contributed by atoms with E-state index >= 15 is 0 Å². The van der Waals surface area contributed by atoms with Crippen LogP contribution in [0.15, 0.2) is 30.5 Å². The van der Waals surface area contributed by atoms with Crippen LogP contribution in [0.5, 0.6) is 17.2 Å². The molecule has 0 spiro atoms. The van der Waals surface area contributed by atoms with E-state index in [9.17, 15) is 0 Å². The Labute approximate surface area is 160 Å². The number of ether oxygens (including phenoxy) is 2. The first kappa shape index (κ1) is 18.3. The summed E-state index contributed by atoms with van der Waals surface area (Å²) in [5.74, 6) is 2.24. The fourth-order valence-corrected chi connectivity index (χ4v) is 3.60. The van der Waals surface area contributed by atoms with E-state index in [-0.39, 0.29) is 17.7 Å². The average molecular weight is 391 g/mol. The zero-order valence-corrected chi connectivity index (χ0v) is 16.2. The van der Waals surface area contributed by atoms with Gasteiger partial charge in [-0.1, -0.05) is 25.4 Å². The van der Waals surface area contributed by atoms with E-state index in [4.69, 9.17) is 32.5 Å². The highest BCUT2D eigenvalue weighted by molar-refractivity contribution is 7.19. The molecule has 0 fully saturated rings. The highest BCUT2D eigenvalue weighted by Crippen LogP contribution is 2.43. The highest BCUT2D eigenvalue weighted by Gasteiger charge is 2.18. The van der Waals surface area contributed by atoms with Crippen molar-refractivity contribution in [3.8, 4) is 27.7 Å². The van der Waals surface area contributed by atoms with Crippen molar-refractivity contribution in [3.05, 3.63) is 40.4 Å².